The number of hydrogen-bond acceptors (Lipinski definition) is 4. The van der Waals surface area contributed by atoms with Crippen LogP contribution in [-0.4, -0.2) is 15.4 Å². The van der Waals surface area contributed by atoms with E-state index in [1.807, 2.05) is 0 Å². The fourth-order valence-electron chi connectivity index (χ4n) is 1.07. The lowest BCUT2D eigenvalue weighted by Gasteiger charge is -1.96. The minimum absolute atomic E-state index is 0. The first kappa shape index (κ1) is 14.8. The topological polar surface area (TPSA) is 142 Å². The smallest absolute Gasteiger partial charge is 0.336 e. The van der Waals surface area contributed by atoms with Crippen molar-refractivity contribution in [2.24, 2.45) is 0 Å². The van der Waals surface area contributed by atoms with Crippen LogP contribution in [0.3, 0.4) is 0 Å². The Labute approximate surface area is 79.8 Å². The van der Waals surface area contributed by atoms with Crippen molar-refractivity contribution in [3.63, 3.8) is 0 Å². The van der Waals surface area contributed by atoms with E-state index in [2.05, 4.69) is 4.98 Å². The Hall–Kier alpha value is -1.73. The largest absolute Gasteiger partial charge is 0.870 e. The number of nitrogens with one attached hydrogen (secondary N) is 1. The van der Waals surface area contributed by atoms with Gasteiger partial charge in [0.15, 0.2) is 0 Å². The van der Waals surface area contributed by atoms with E-state index in [1.54, 1.807) is 19.9 Å². The van der Waals surface area contributed by atoms with Crippen LogP contribution < -0.4 is 11.7 Å². The van der Waals surface area contributed by atoms with Gasteiger partial charge in [-0.25, -0.2) is 0 Å². The maximum Gasteiger partial charge on any atom is 0.336 e. The molecule has 0 unspecified atom stereocenters. The average molecular weight is 203 g/mol. The maximum atomic E-state index is 11.0. The molecule has 0 amide bonds. The minimum atomic E-state index is -0.673. The summed E-state index contributed by atoms with van der Waals surface area (Å²) in [5, 5.41) is 10.3. The zero-order chi connectivity index (χ0) is 9.30. The lowest BCUT2D eigenvalue weighted by molar-refractivity contribution is -0.386. The summed E-state index contributed by atoms with van der Waals surface area (Å²) in [7, 11) is 0. The Morgan fingerprint density at radius 3 is 2.29 bits per heavy atom. The van der Waals surface area contributed by atoms with Crippen molar-refractivity contribution >= 4 is 5.69 Å². The lowest BCUT2D eigenvalue weighted by Crippen LogP contribution is -2.13. The van der Waals surface area contributed by atoms with E-state index in [0.717, 1.165) is 0 Å². The quantitative estimate of drug-likeness (QED) is 0.520. The van der Waals surface area contributed by atoms with Gasteiger partial charge in [0.2, 0.25) is 0 Å². The molecule has 1 aromatic rings. The standard InChI is InChI=1S/C7H8N2O3.H3N.H2O/c1-4-3-5(2)8-7(10)6(4)9(11)12;;/h3H,1-2H3,(H,8,10);1H3;1H2. The molecule has 0 fully saturated rings. The number of quaternary nitrogens is 1. The monoisotopic (exact) mass is 203 g/mol. The summed E-state index contributed by atoms with van der Waals surface area (Å²) < 4.78 is 0. The Bertz CT molecular complexity index is 385. The highest BCUT2D eigenvalue weighted by Gasteiger charge is 2.15. The molecule has 80 valence electrons. The first-order chi connectivity index (χ1) is 5.52. The molecular formula is C7H13N3O4. The molecule has 0 aliphatic carbocycles. The lowest BCUT2D eigenvalue weighted by atomic mass is 10.2. The van der Waals surface area contributed by atoms with Crippen LogP contribution in [0.4, 0.5) is 5.69 Å². The molecule has 14 heavy (non-hydrogen) atoms. The zero-order valence-corrected chi connectivity index (χ0v) is 8.20. The van der Waals surface area contributed by atoms with Crippen molar-refractivity contribution in [1.29, 1.82) is 0 Å². The van der Waals surface area contributed by atoms with Gasteiger partial charge in [-0.2, -0.15) is 0 Å². The van der Waals surface area contributed by atoms with Gasteiger partial charge in [-0.3, -0.25) is 14.9 Å². The summed E-state index contributed by atoms with van der Waals surface area (Å²) in [5.41, 5.74) is 0.00227. The second-order valence-corrected chi connectivity index (χ2v) is 2.57. The van der Waals surface area contributed by atoms with Gasteiger partial charge in [0.25, 0.3) is 0 Å². The molecule has 1 aromatic heterocycles. The number of H-pyrrole nitrogens is 1. The molecule has 0 radical (unpaired) electrons. The molecular weight excluding hydrogens is 190 g/mol. The predicted octanol–water partition coefficient (Wildman–Crippen LogP) is 1.10. The van der Waals surface area contributed by atoms with Gasteiger partial charge >= 0.3 is 11.2 Å². The molecule has 0 bridgehead atoms. The van der Waals surface area contributed by atoms with Gasteiger partial charge in [0.05, 0.1) is 4.92 Å². The first-order valence-corrected chi connectivity index (χ1v) is 3.37. The number of pyridine rings is 1. The number of hydrogen-bond donors (Lipinski definition) is 2. The van der Waals surface area contributed by atoms with Crippen molar-refractivity contribution in [3.05, 3.63) is 37.8 Å². The second kappa shape index (κ2) is 5.10. The third-order valence-corrected chi connectivity index (χ3v) is 1.51. The van der Waals surface area contributed by atoms with Crippen LogP contribution in [0.1, 0.15) is 11.3 Å². The fourth-order valence-corrected chi connectivity index (χ4v) is 1.07. The van der Waals surface area contributed by atoms with Gasteiger partial charge in [-0.15, -0.1) is 0 Å². The first-order valence-electron chi connectivity index (χ1n) is 3.37. The van der Waals surface area contributed by atoms with Crippen molar-refractivity contribution in [3.8, 4) is 0 Å². The summed E-state index contributed by atoms with van der Waals surface area (Å²) in [6.45, 7) is 3.22. The highest BCUT2D eigenvalue weighted by molar-refractivity contribution is 5.37. The van der Waals surface area contributed by atoms with Gasteiger partial charge in [-0.1, -0.05) is 0 Å². The van der Waals surface area contributed by atoms with Gasteiger partial charge < -0.3 is 16.6 Å². The number of rotatable bonds is 1. The van der Waals surface area contributed by atoms with Crippen molar-refractivity contribution < 1.29 is 10.4 Å². The Balaban J connectivity index is 0. The maximum absolute atomic E-state index is 11.0. The van der Waals surface area contributed by atoms with Crippen LogP contribution >= 0.6 is 0 Å². The molecule has 6 N–H and O–H groups in total. The molecule has 0 spiro atoms. The average Bonchev–Trinajstić information content (AvgIpc) is 1.82. The van der Waals surface area contributed by atoms with E-state index in [9.17, 15) is 14.9 Å². The van der Waals surface area contributed by atoms with Crippen LogP contribution in [0.15, 0.2) is 10.9 Å². The van der Waals surface area contributed by atoms with Crippen molar-refractivity contribution in [2.75, 3.05) is 0 Å². The summed E-state index contributed by atoms with van der Waals surface area (Å²) in [4.78, 5) is 23.0. The highest BCUT2D eigenvalue weighted by Crippen LogP contribution is 2.10. The third kappa shape index (κ3) is 2.64. The van der Waals surface area contributed by atoms with Crippen molar-refractivity contribution in [1.82, 2.24) is 11.1 Å². The molecule has 7 heteroatoms. The van der Waals surface area contributed by atoms with Crippen LogP contribution in [-0.2, 0) is 0 Å². The summed E-state index contributed by atoms with van der Waals surface area (Å²) in [5.74, 6) is 0. The Kier molecular flexibility index (Phi) is 5.38. The summed E-state index contributed by atoms with van der Waals surface area (Å²) in [6, 6.07) is 1.57. The van der Waals surface area contributed by atoms with Crippen LogP contribution in [0.2, 0.25) is 0 Å². The van der Waals surface area contributed by atoms with Gasteiger partial charge in [-0.05, 0) is 19.9 Å². The molecule has 0 saturated heterocycles. The van der Waals surface area contributed by atoms with E-state index in [4.69, 9.17) is 0 Å². The molecule has 0 atom stereocenters. The van der Waals surface area contributed by atoms with Crippen LogP contribution in [0.5, 0.6) is 0 Å². The summed E-state index contributed by atoms with van der Waals surface area (Å²) in [6.07, 6.45) is 0. The SMILES string of the molecule is Cc1cc(C)c([N+](=O)[O-])c(=O)[nH]1.[NH4+].[OH-]. The predicted molar refractivity (Wildman–Crippen MR) is 51.1 cm³/mol. The van der Waals surface area contributed by atoms with Crippen LogP contribution in [0, 0.1) is 24.0 Å². The van der Waals surface area contributed by atoms with E-state index in [1.165, 1.54) is 0 Å². The number of nitrogens with zero attached hydrogens (tertiary/aromatic N) is 1. The minimum Gasteiger partial charge on any atom is -0.870 e. The van der Waals surface area contributed by atoms with E-state index >= 15 is 0 Å². The van der Waals surface area contributed by atoms with E-state index in [0.29, 0.717) is 11.3 Å². The molecule has 0 aliphatic rings. The number of nitro groups is 1. The van der Waals surface area contributed by atoms with E-state index < -0.39 is 10.5 Å². The zero-order valence-electron chi connectivity index (χ0n) is 8.20. The molecule has 1 heterocycles. The second-order valence-electron chi connectivity index (χ2n) is 2.57. The normalized spacial score (nSPS) is 8.43. The van der Waals surface area contributed by atoms with E-state index in [-0.39, 0.29) is 17.3 Å². The number of aromatic amines is 1. The van der Waals surface area contributed by atoms with Gasteiger partial charge in [0, 0.05) is 11.3 Å². The number of aromatic nitrogens is 1. The van der Waals surface area contributed by atoms with Crippen molar-refractivity contribution in [2.45, 2.75) is 13.8 Å². The molecule has 1 rings (SSSR count). The third-order valence-electron chi connectivity index (χ3n) is 1.51. The Morgan fingerprint density at radius 2 is 1.93 bits per heavy atom. The fraction of sp³-hybridized carbons (Fsp3) is 0.286. The van der Waals surface area contributed by atoms with Gasteiger partial charge in [0.1, 0.15) is 0 Å². The molecule has 7 nitrogen and oxygen atoms in total. The van der Waals surface area contributed by atoms with Crippen LogP contribution in [0.25, 0.3) is 0 Å². The Morgan fingerprint density at radius 1 is 1.43 bits per heavy atom. The molecule has 0 aliphatic heterocycles. The molecule has 0 aromatic carbocycles. The number of aryl methyl sites for hydroxylation is 2. The summed E-state index contributed by atoms with van der Waals surface area (Å²) >= 11 is 0. The molecule has 0 saturated carbocycles. The highest BCUT2D eigenvalue weighted by atomic mass is 16.6.